The number of benzene rings is 2. The summed E-state index contributed by atoms with van der Waals surface area (Å²) in [6, 6.07) is 16.7. The van der Waals surface area contributed by atoms with E-state index in [0.717, 1.165) is 16.8 Å². The highest BCUT2D eigenvalue weighted by molar-refractivity contribution is 6.33. The number of hydrogen-bond donors (Lipinski definition) is 2. The Morgan fingerprint density at radius 1 is 1.11 bits per heavy atom. The molecule has 0 radical (unpaired) electrons. The van der Waals surface area contributed by atoms with E-state index < -0.39 is 0 Å². The summed E-state index contributed by atoms with van der Waals surface area (Å²) in [4.78, 5) is 16.3. The van der Waals surface area contributed by atoms with E-state index in [1.807, 2.05) is 38.1 Å². The first-order chi connectivity index (χ1) is 13.0. The number of nitrogens with one attached hydrogen (secondary N) is 2. The van der Waals surface area contributed by atoms with Crippen molar-refractivity contribution < 1.29 is 9.53 Å². The van der Waals surface area contributed by atoms with Crippen LogP contribution >= 0.6 is 11.6 Å². The Morgan fingerprint density at radius 3 is 2.56 bits per heavy atom. The first kappa shape index (κ1) is 18.7. The van der Waals surface area contributed by atoms with Crippen LogP contribution in [0.2, 0.25) is 5.02 Å². The number of anilines is 3. The maximum absolute atomic E-state index is 12.0. The molecule has 6 heteroatoms. The van der Waals surface area contributed by atoms with Crippen molar-refractivity contribution in [3.05, 3.63) is 76.9 Å². The van der Waals surface area contributed by atoms with Gasteiger partial charge in [-0.3, -0.25) is 4.79 Å². The van der Waals surface area contributed by atoms with Gasteiger partial charge in [0.2, 0.25) is 0 Å². The highest BCUT2D eigenvalue weighted by Crippen LogP contribution is 2.29. The average Bonchev–Trinajstić information content (AvgIpc) is 2.65. The third-order valence-electron chi connectivity index (χ3n) is 3.85. The number of hydrogen-bond acceptors (Lipinski definition) is 4. The first-order valence-corrected chi connectivity index (χ1v) is 8.86. The van der Waals surface area contributed by atoms with E-state index >= 15 is 0 Å². The second-order valence-electron chi connectivity index (χ2n) is 6.15. The zero-order valence-electron chi connectivity index (χ0n) is 15.1. The van der Waals surface area contributed by atoms with Crippen LogP contribution in [0.4, 0.5) is 17.2 Å². The lowest BCUT2D eigenvalue weighted by molar-refractivity contribution is -0.118. The van der Waals surface area contributed by atoms with E-state index in [4.69, 9.17) is 16.3 Å². The number of ether oxygens (including phenoxy) is 1. The standard InChI is InChI=1S/C21H20ClN3O2/c1-14-10-15(2)21(18(22)11-14)25-19-9-8-16(12-23-19)24-20(26)13-27-17-6-4-3-5-7-17/h3-12H,13H2,1-2H3,(H,23,25)(H,24,26). The number of aromatic nitrogens is 1. The second kappa shape index (κ2) is 8.56. The molecule has 1 heterocycles. The number of pyridine rings is 1. The van der Waals surface area contributed by atoms with E-state index in [1.165, 1.54) is 0 Å². The average molecular weight is 382 g/mol. The molecule has 1 aromatic heterocycles. The molecular weight excluding hydrogens is 362 g/mol. The molecule has 0 atom stereocenters. The van der Waals surface area contributed by atoms with E-state index in [9.17, 15) is 4.79 Å². The van der Waals surface area contributed by atoms with Crippen molar-refractivity contribution in [2.75, 3.05) is 17.2 Å². The normalized spacial score (nSPS) is 10.3. The molecule has 0 fully saturated rings. The van der Waals surface area contributed by atoms with Crippen LogP contribution in [0.1, 0.15) is 11.1 Å². The number of carbonyl (C=O) groups excluding carboxylic acids is 1. The quantitative estimate of drug-likeness (QED) is 0.622. The van der Waals surface area contributed by atoms with Crippen LogP contribution in [0.15, 0.2) is 60.8 Å². The Bertz CT molecular complexity index is 905. The lowest BCUT2D eigenvalue weighted by Crippen LogP contribution is -2.20. The number of carbonyl (C=O) groups is 1. The second-order valence-corrected chi connectivity index (χ2v) is 6.55. The maximum Gasteiger partial charge on any atom is 0.262 e. The van der Waals surface area contributed by atoms with Crippen LogP contribution in [-0.4, -0.2) is 17.5 Å². The van der Waals surface area contributed by atoms with Crippen molar-refractivity contribution in [2.45, 2.75) is 13.8 Å². The minimum atomic E-state index is -0.251. The van der Waals surface area contributed by atoms with Gasteiger partial charge in [0.15, 0.2) is 6.61 Å². The molecule has 27 heavy (non-hydrogen) atoms. The fourth-order valence-electron chi connectivity index (χ4n) is 2.61. The fourth-order valence-corrected chi connectivity index (χ4v) is 2.97. The highest BCUT2D eigenvalue weighted by atomic mass is 35.5. The Labute approximate surface area is 163 Å². The van der Waals surface area contributed by atoms with Gasteiger partial charge in [0, 0.05) is 0 Å². The van der Waals surface area contributed by atoms with Gasteiger partial charge in [-0.25, -0.2) is 4.98 Å². The first-order valence-electron chi connectivity index (χ1n) is 8.49. The van der Waals surface area contributed by atoms with Crippen molar-refractivity contribution >= 4 is 34.7 Å². The molecule has 0 unspecified atom stereocenters. The number of para-hydroxylation sites is 1. The minimum absolute atomic E-state index is 0.0673. The lowest BCUT2D eigenvalue weighted by atomic mass is 10.1. The molecule has 1 amide bonds. The van der Waals surface area contributed by atoms with Crippen molar-refractivity contribution in [2.24, 2.45) is 0 Å². The summed E-state index contributed by atoms with van der Waals surface area (Å²) in [6.07, 6.45) is 1.58. The molecule has 0 bridgehead atoms. The highest BCUT2D eigenvalue weighted by Gasteiger charge is 2.08. The van der Waals surface area contributed by atoms with E-state index in [-0.39, 0.29) is 12.5 Å². The van der Waals surface area contributed by atoms with Gasteiger partial charge in [0.1, 0.15) is 11.6 Å². The predicted octanol–water partition coefficient (Wildman–Crippen LogP) is 5.11. The molecule has 5 nitrogen and oxygen atoms in total. The topological polar surface area (TPSA) is 63.2 Å². The number of aryl methyl sites for hydroxylation is 2. The summed E-state index contributed by atoms with van der Waals surface area (Å²) in [6.45, 7) is 3.92. The summed E-state index contributed by atoms with van der Waals surface area (Å²) < 4.78 is 5.42. The van der Waals surface area contributed by atoms with Crippen molar-refractivity contribution in [1.29, 1.82) is 0 Å². The SMILES string of the molecule is Cc1cc(C)c(Nc2ccc(NC(=O)COc3ccccc3)cn2)c(Cl)c1. The summed E-state index contributed by atoms with van der Waals surface area (Å²) >= 11 is 6.31. The van der Waals surface area contributed by atoms with Crippen LogP contribution in [0.5, 0.6) is 5.75 Å². The Kier molecular flexibility index (Phi) is 5.94. The Hall–Kier alpha value is -3.05. The van der Waals surface area contributed by atoms with Gasteiger partial charge in [-0.15, -0.1) is 0 Å². The largest absolute Gasteiger partial charge is 0.484 e. The zero-order valence-corrected chi connectivity index (χ0v) is 15.9. The third-order valence-corrected chi connectivity index (χ3v) is 4.14. The molecule has 0 saturated heterocycles. The predicted molar refractivity (Wildman–Crippen MR) is 109 cm³/mol. The van der Waals surface area contributed by atoms with E-state index in [1.54, 1.807) is 30.5 Å². The fraction of sp³-hybridized carbons (Fsp3) is 0.143. The molecule has 3 aromatic rings. The molecule has 2 aromatic carbocycles. The van der Waals surface area contributed by atoms with Crippen LogP contribution in [0.3, 0.4) is 0 Å². The number of halogens is 1. The van der Waals surface area contributed by atoms with Crippen molar-refractivity contribution in [3.63, 3.8) is 0 Å². The molecule has 0 aliphatic carbocycles. The van der Waals surface area contributed by atoms with Gasteiger partial charge >= 0.3 is 0 Å². The third kappa shape index (κ3) is 5.21. The Morgan fingerprint density at radius 2 is 1.89 bits per heavy atom. The van der Waals surface area contributed by atoms with Gasteiger partial charge in [0.25, 0.3) is 5.91 Å². The van der Waals surface area contributed by atoms with Crippen LogP contribution < -0.4 is 15.4 Å². The van der Waals surface area contributed by atoms with Gasteiger partial charge in [-0.1, -0.05) is 35.9 Å². The van der Waals surface area contributed by atoms with Gasteiger partial charge in [-0.2, -0.15) is 0 Å². The lowest BCUT2D eigenvalue weighted by Gasteiger charge is -2.12. The molecule has 2 N–H and O–H groups in total. The van der Waals surface area contributed by atoms with E-state index in [0.29, 0.717) is 22.3 Å². The zero-order chi connectivity index (χ0) is 19.2. The van der Waals surface area contributed by atoms with Crippen LogP contribution in [0, 0.1) is 13.8 Å². The van der Waals surface area contributed by atoms with Gasteiger partial charge < -0.3 is 15.4 Å². The van der Waals surface area contributed by atoms with E-state index in [2.05, 4.69) is 21.7 Å². The Balaban J connectivity index is 1.58. The monoisotopic (exact) mass is 381 g/mol. The molecule has 0 saturated carbocycles. The molecule has 0 aliphatic heterocycles. The summed E-state index contributed by atoms with van der Waals surface area (Å²) in [5.74, 6) is 1.04. The molecule has 3 rings (SSSR count). The van der Waals surface area contributed by atoms with Crippen molar-refractivity contribution in [1.82, 2.24) is 4.98 Å². The number of nitrogens with zero attached hydrogens (tertiary/aromatic N) is 1. The minimum Gasteiger partial charge on any atom is -0.484 e. The molecule has 0 spiro atoms. The molecule has 0 aliphatic rings. The molecular formula is C21H20ClN3O2. The van der Waals surface area contributed by atoms with Crippen molar-refractivity contribution in [3.8, 4) is 5.75 Å². The van der Waals surface area contributed by atoms with Gasteiger partial charge in [-0.05, 0) is 55.3 Å². The summed E-state index contributed by atoms with van der Waals surface area (Å²) in [7, 11) is 0. The number of amides is 1. The van der Waals surface area contributed by atoms with Gasteiger partial charge in [0.05, 0.1) is 22.6 Å². The summed E-state index contributed by atoms with van der Waals surface area (Å²) in [5, 5.41) is 6.61. The number of rotatable bonds is 6. The smallest absolute Gasteiger partial charge is 0.262 e. The van der Waals surface area contributed by atoms with Crippen LogP contribution in [-0.2, 0) is 4.79 Å². The van der Waals surface area contributed by atoms with Crippen LogP contribution in [0.25, 0.3) is 0 Å². The summed E-state index contributed by atoms with van der Waals surface area (Å²) in [5.41, 5.74) is 3.56. The maximum atomic E-state index is 12.0. The molecule has 138 valence electrons.